The van der Waals surface area contributed by atoms with Gasteiger partial charge < -0.3 is 25.7 Å². The molecule has 2 aromatic rings. The number of nitrogens with zero attached hydrogens (tertiary/aromatic N) is 2. The number of carbonyl (C=O) groups is 4. The molecule has 3 atom stereocenters. The second kappa shape index (κ2) is 13.2. The molecule has 9 nitrogen and oxygen atoms in total. The fraction of sp³-hybridized carbons (Fsp3) is 0.357. The van der Waals surface area contributed by atoms with Crippen LogP contribution in [0.4, 0.5) is 13.2 Å². The van der Waals surface area contributed by atoms with Gasteiger partial charge in [0.05, 0.1) is 6.04 Å². The summed E-state index contributed by atoms with van der Waals surface area (Å²) >= 11 is 0. The number of halogens is 3. The maximum atomic E-state index is 13.9. The molecule has 2 amide bonds. The first-order valence-electron chi connectivity index (χ1n) is 12.5. The Labute approximate surface area is 228 Å². The van der Waals surface area contributed by atoms with Crippen LogP contribution in [-0.2, 0) is 20.8 Å². The number of amides is 2. The van der Waals surface area contributed by atoms with Gasteiger partial charge >= 0.3 is 11.9 Å². The van der Waals surface area contributed by atoms with Crippen LogP contribution in [0, 0.1) is 30.3 Å². The van der Waals surface area contributed by atoms with Gasteiger partial charge in [-0.25, -0.2) is 22.8 Å². The maximum Gasteiger partial charge on any atom is 0.328 e. The highest BCUT2D eigenvalue weighted by molar-refractivity contribution is 5.94. The van der Waals surface area contributed by atoms with Gasteiger partial charge in [-0.15, -0.1) is 0 Å². The average Bonchev–Trinajstić information content (AvgIpc) is 3.47. The fourth-order valence-electron chi connectivity index (χ4n) is 4.96. The molecule has 4 rings (SSSR count). The highest BCUT2D eigenvalue weighted by Gasteiger charge is 2.44. The molecule has 0 bridgehead atoms. The number of hydrogen-bond acceptors (Lipinski definition) is 5. The Morgan fingerprint density at radius 1 is 1.00 bits per heavy atom. The van der Waals surface area contributed by atoms with Crippen molar-refractivity contribution in [1.29, 1.82) is 0 Å². The number of carbonyl (C=O) groups excluding carboxylic acids is 2. The Morgan fingerprint density at radius 3 is 2.27 bits per heavy atom. The summed E-state index contributed by atoms with van der Waals surface area (Å²) in [4.78, 5) is 48.4. The van der Waals surface area contributed by atoms with E-state index in [4.69, 9.17) is 15.9 Å². The third kappa shape index (κ3) is 7.92. The number of carboxylic acids is 2. The van der Waals surface area contributed by atoms with Crippen LogP contribution in [0.3, 0.4) is 0 Å². The number of hydrogen-bond donors (Lipinski definition) is 3. The Bertz CT molecular complexity index is 1300. The molecule has 2 saturated heterocycles. The SMILES string of the molecule is Cc1cccc(C(=O)N2C[C@@H]3CCN(C(=O)CC(N)Cc4cc(F)c(F)cc4F)[C@@H]3C2)c1.O=C(O)C=CC(=O)O. The first-order valence-corrected chi connectivity index (χ1v) is 12.5. The van der Waals surface area contributed by atoms with Gasteiger partial charge in [0.2, 0.25) is 5.91 Å². The smallest absolute Gasteiger partial charge is 0.328 e. The molecule has 2 aliphatic rings. The molecule has 2 aliphatic heterocycles. The molecule has 2 heterocycles. The summed E-state index contributed by atoms with van der Waals surface area (Å²) in [7, 11) is 0. The molecule has 0 radical (unpaired) electrons. The Hall–Kier alpha value is -4.19. The van der Waals surface area contributed by atoms with Crippen LogP contribution in [0.5, 0.6) is 0 Å². The van der Waals surface area contributed by atoms with Gasteiger partial charge in [-0.1, -0.05) is 17.7 Å². The first-order chi connectivity index (χ1) is 18.8. The monoisotopic (exact) mass is 561 g/mol. The molecular weight excluding hydrogens is 531 g/mol. The Kier molecular flexibility index (Phi) is 10.1. The summed E-state index contributed by atoms with van der Waals surface area (Å²) < 4.78 is 40.4. The first kappa shape index (κ1) is 30.4. The summed E-state index contributed by atoms with van der Waals surface area (Å²) in [6.45, 7) is 3.60. The van der Waals surface area contributed by atoms with Crippen molar-refractivity contribution in [3.63, 3.8) is 0 Å². The lowest BCUT2D eigenvalue weighted by Gasteiger charge is -2.26. The lowest BCUT2D eigenvalue weighted by molar-refractivity contribution is -0.134. The molecule has 0 aromatic heterocycles. The molecule has 0 spiro atoms. The van der Waals surface area contributed by atoms with Crippen molar-refractivity contribution in [3.05, 3.63) is 82.7 Å². The number of benzene rings is 2. The van der Waals surface area contributed by atoms with Crippen molar-refractivity contribution in [2.75, 3.05) is 19.6 Å². The van der Waals surface area contributed by atoms with E-state index in [9.17, 15) is 32.3 Å². The lowest BCUT2D eigenvalue weighted by Crippen LogP contribution is -2.43. The number of fused-ring (bicyclic) bond motifs is 1. The third-order valence-corrected chi connectivity index (χ3v) is 6.80. The largest absolute Gasteiger partial charge is 0.478 e. The topological polar surface area (TPSA) is 141 Å². The molecule has 0 aliphatic carbocycles. The molecule has 2 aromatic carbocycles. The molecule has 214 valence electrons. The fourth-order valence-corrected chi connectivity index (χ4v) is 4.96. The second-order valence-corrected chi connectivity index (χ2v) is 9.82. The van der Waals surface area contributed by atoms with Crippen molar-refractivity contribution < 1.29 is 42.6 Å². The number of aryl methyl sites for hydroxylation is 1. The average molecular weight is 562 g/mol. The van der Waals surface area contributed by atoms with E-state index < -0.39 is 35.4 Å². The number of likely N-dealkylation sites (tertiary alicyclic amines) is 2. The highest BCUT2D eigenvalue weighted by atomic mass is 19.2. The van der Waals surface area contributed by atoms with Gasteiger partial charge in [-0.05, 0) is 43.5 Å². The normalized spacial score (nSPS) is 18.7. The zero-order valence-corrected chi connectivity index (χ0v) is 21.7. The number of aliphatic carboxylic acids is 2. The van der Waals surface area contributed by atoms with Crippen molar-refractivity contribution >= 4 is 23.8 Å². The molecule has 2 fully saturated rings. The van der Waals surface area contributed by atoms with Crippen LogP contribution in [0.25, 0.3) is 0 Å². The third-order valence-electron chi connectivity index (χ3n) is 6.80. The summed E-state index contributed by atoms with van der Waals surface area (Å²) in [5.41, 5.74) is 7.63. The van der Waals surface area contributed by atoms with Crippen LogP contribution in [0.15, 0.2) is 48.6 Å². The minimum absolute atomic E-state index is 0.0342. The van der Waals surface area contributed by atoms with E-state index >= 15 is 0 Å². The van der Waals surface area contributed by atoms with E-state index in [2.05, 4.69) is 0 Å². The standard InChI is InChI=1S/C24H26F3N3O2.C4H4O4/c1-14-3-2-4-15(7-14)24(32)29-12-16-5-6-30(22(16)13-29)23(31)10-18(28)8-17-9-20(26)21(27)11-19(17)25;5-3(6)1-2-4(7)8/h2-4,7,9,11,16,18,22H,5-6,8,10,12-13,28H2,1H3;1-2H,(H,5,6)(H,7,8)/t16-,18?,22+;/m0./s1. The minimum atomic E-state index is -1.26. The van der Waals surface area contributed by atoms with E-state index in [1.807, 2.05) is 25.1 Å². The lowest BCUT2D eigenvalue weighted by atomic mass is 10.0. The predicted octanol–water partition coefficient (Wildman–Crippen LogP) is 2.76. The summed E-state index contributed by atoms with van der Waals surface area (Å²) in [5, 5.41) is 15.6. The second-order valence-electron chi connectivity index (χ2n) is 9.82. The van der Waals surface area contributed by atoms with Crippen LogP contribution in [-0.4, -0.2) is 75.5 Å². The van der Waals surface area contributed by atoms with E-state index in [-0.39, 0.29) is 42.2 Å². The molecular formula is C28H30F3N3O6. The van der Waals surface area contributed by atoms with Crippen molar-refractivity contribution in [1.82, 2.24) is 9.80 Å². The quantitative estimate of drug-likeness (QED) is 0.349. The van der Waals surface area contributed by atoms with Gasteiger partial charge in [0.1, 0.15) is 5.82 Å². The van der Waals surface area contributed by atoms with E-state index in [0.29, 0.717) is 43.4 Å². The number of carboxylic acid groups (broad SMARTS) is 2. The Morgan fingerprint density at radius 2 is 1.65 bits per heavy atom. The van der Waals surface area contributed by atoms with Crippen LogP contribution < -0.4 is 5.73 Å². The van der Waals surface area contributed by atoms with Crippen molar-refractivity contribution in [2.24, 2.45) is 11.7 Å². The van der Waals surface area contributed by atoms with Crippen molar-refractivity contribution in [2.45, 2.75) is 38.3 Å². The minimum Gasteiger partial charge on any atom is -0.478 e. The Balaban J connectivity index is 0.000000482. The molecule has 1 unspecified atom stereocenters. The van der Waals surface area contributed by atoms with Gasteiger partial charge in [0.15, 0.2) is 11.6 Å². The van der Waals surface area contributed by atoms with Gasteiger partial charge in [-0.3, -0.25) is 9.59 Å². The van der Waals surface area contributed by atoms with E-state index in [0.717, 1.165) is 18.1 Å². The molecule has 12 heteroatoms. The van der Waals surface area contributed by atoms with Crippen LogP contribution in [0.1, 0.15) is 34.3 Å². The summed E-state index contributed by atoms with van der Waals surface area (Å²) in [6.07, 6.45) is 1.81. The predicted molar refractivity (Wildman–Crippen MR) is 138 cm³/mol. The van der Waals surface area contributed by atoms with Crippen molar-refractivity contribution in [3.8, 4) is 0 Å². The van der Waals surface area contributed by atoms with Gasteiger partial charge in [-0.2, -0.15) is 0 Å². The van der Waals surface area contributed by atoms with E-state index in [1.165, 1.54) is 0 Å². The highest BCUT2D eigenvalue weighted by Crippen LogP contribution is 2.33. The van der Waals surface area contributed by atoms with Gasteiger partial charge in [0, 0.05) is 61.8 Å². The zero-order chi connectivity index (χ0) is 29.6. The molecule has 4 N–H and O–H groups in total. The number of nitrogens with two attached hydrogens (primary N) is 1. The molecule has 0 saturated carbocycles. The molecule has 40 heavy (non-hydrogen) atoms. The van der Waals surface area contributed by atoms with Crippen LogP contribution >= 0.6 is 0 Å². The van der Waals surface area contributed by atoms with Crippen LogP contribution in [0.2, 0.25) is 0 Å². The summed E-state index contributed by atoms with van der Waals surface area (Å²) in [5.74, 6) is -5.79. The maximum absolute atomic E-state index is 13.9. The zero-order valence-electron chi connectivity index (χ0n) is 21.7. The number of rotatable bonds is 7. The summed E-state index contributed by atoms with van der Waals surface area (Å²) in [6, 6.07) is 7.92. The van der Waals surface area contributed by atoms with Gasteiger partial charge in [0.25, 0.3) is 5.91 Å². The van der Waals surface area contributed by atoms with E-state index in [1.54, 1.807) is 15.9 Å².